The average molecular weight is 250 g/mol. The summed E-state index contributed by atoms with van der Waals surface area (Å²) in [5.41, 5.74) is 0. The Labute approximate surface area is 109 Å². The standard InChI is InChI=1S/C14H22N2O2/c1-2-10-18-13-7-5-8-15-14(13)16-9-4-3-6-12(16)11-17/h5,7-8,12,17H,2-4,6,9-11H2,1H3. The maximum absolute atomic E-state index is 9.48. The van der Waals surface area contributed by atoms with E-state index in [0.717, 1.165) is 37.4 Å². The normalized spacial score (nSPS) is 19.9. The lowest BCUT2D eigenvalue weighted by Gasteiger charge is -2.36. The first kappa shape index (κ1) is 13.1. The molecule has 1 aliphatic rings. The molecule has 0 spiro atoms. The van der Waals surface area contributed by atoms with Crippen LogP contribution < -0.4 is 9.64 Å². The van der Waals surface area contributed by atoms with Crippen molar-refractivity contribution in [3.63, 3.8) is 0 Å². The van der Waals surface area contributed by atoms with E-state index in [0.29, 0.717) is 6.61 Å². The van der Waals surface area contributed by atoms with Crippen LogP contribution in [0.15, 0.2) is 18.3 Å². The molecule has 2 heterocycles. The van der Waals surface area contributed by atoms with Gasteiger partial charge in [-0.1, -0.05) is 6.92 Å². The SMILES string of the molecule is CCCOc1cccnc1N1CCCCC1CO. The number of hydrogen-bond acceptors (Lipinski definition) is 4. The van der Waals surface area contributed by atoms with Gasteiger partial charge in [-0.05, 0) is 37.8 Å². The molecule has 2 rings (SSSR count). The molecule has 4 heteroatoms. The highest BCUT2D eigenvalue weighted by atomic mass is 16.5. The Hall–Kier alpha value is -1.29. The second-order valence-electron chi connectivity index (χ2n) is 4.70. The molecule has 1 aromatic rings. The van der Waals surface area contributed by atoms with Crippen LogP contribution >= 0.6 is 0 Å². The zero-order chi connectivity index (χ0) is 12.8. The molecule has 4 nitrogen and oxygen atoms in total. The van der Waals surface area contributed by atoms with Gasteiger partial charge < -0.3 is 14.7 Å². The van der Waals surface area contributed by atoms with Gasteiger partial charge in [0.05, 0.1) is 19.3 Å². The van der Waals surface area contributed by atoms with Gasteiger partial charge in [0.2, 0.25) is 0 Å². The Balaban J connectivity index is 2.19. The zero-order valence-corrected chi connectivity index (χ0v) is 11.0. The molecule has 1 unspecified atom stereocenters. The van der Waals surface area contributed by atoms with Gasteiger partial charge in [-0.3, -0.25) is 0 Å². The van der Waals surface area contributed by atoms with Crippen molar-refractivity contribution in [2.24, 2.45) is 0 Å². The molecule has 1 N–H and O–H groups in total. The van der Waals surface area contributed by atoms with Crippen LogP contribution in [0.3, 0.4) is 0 Å². The molecule has 100 valence electrons. The molecule has 1 aliphatic heterocycles. The third kappa shape index (κ3) is 2.93. The van der Waals surface area contributed by atoms with Gasteiger partial charge in [-0.15, -0.1) is 0 Å². The third-order valence-electron chi connectivity index (χ3n) is 3.32. The van der Waals surface area contributed by atoms with Gasteiger partial charge in [0, 0.05) is 12.7 Å². The van der Waals surface area contributed by atoms with Gasteiger partial charge >= 0.3 is 0 Å². The summed E-state index contributed by atoms with van der Waals surface area (Å²) in [6.07, 6.45) is 6.13. The predicted octanol–water partition coefficient (Wildman–Crippen LogP) is 2.22. The first-order valence-corrected chi connectivity index (χ1v) is 6.82. The zero-order valence-electron chi connectivity index (χ0n) is 11.0. The quantitative estimate of drug-likeness (QED) is 0.870. The molecular weight excluding hydrogens is 228 g/mol. The Morgan fingerprint density at radius 1 is 1.50 bits per heavy atom. The second kappa shape index (κ2) is 6.59. The largest absolute Gasteiger partial charge is 0.490 e. The number of ether oxygens (including phenoxy) is 1. The van der Waals surface area contributed by atoms with E-state index in [9.17, 15) is 5.11 Å². The molecule has 1 fully saturated rings. The summed E-state index contributed by atoms with van der Waals surface area (Å²) < 4.78 is 5.75. The summed E-state index contributed by atoms with van der Waals surface area (Å²) in [6.45, 7) is 3.93. The van der Waals surface area contributed by atoms with Crippen molar-refractivity contribution in [2.75, 3.05) is 24.7 Å². The Morgan fingerprint density at radius 3 is 3.17 bits per heavy atom. The van der Waals surface area contributed by atoms with Crippen LogP contribution in [-0.2, 0) is 0 Å². The smallest absolute Gasteiger partial charge is 0.171 e. The number of hydrogen-bond donors (Lipinski definition) is 1. The first-order chi connectivity index (χ1) is 8.86. The summed E-state index contributed by atoms with van der Waals surface area (Å²) in [5.74, 6) is 1.71. The molecule has 0 amide bonds. The summed E-state index contributed by atoms with van der Waals surface area (Å²) in [5, 5.41) is 9.48. The van der Waals surface area contributed by atoms with Crippen LogP contribution in [0.2, 0.25) is 0 Å². The molecule has 0 bridgehead atoms. The Morgan fingerprint density at radius 2 is 2.39 bits per heavy atom. The average Bonchev–Trinajstić information content (AvgIpc) is 2.45. The molecule has 0 radical (unpaired) electrons. The lowest BCUT2D eigenvalue weighted by atomic mass is 10.0. The fourth-order valence-corrected chi connectivity index (χ4v) is 2.39. The van der Waals surface area contributed by atoms with Gasteiger partial charge in [0.25, 0.3) is 0 Å². The van der Waals surface area contributed by atoms with E-state index in [-0.39, 0.29) is 12.6 Å². The molecule has 0 saturated carbocycles. The topological polar surface area (TPSA) is 45.6 Å². The third-order valence-corrected chi connectivity index (χ3v) is 3.32. The Bertz CT molecular complexity index is 371. The monoisotopic (exact) mass is 250 g/mol. The highest BCUT2D eigenvalue weighted by molar-refractivity contribution is 5.53. The van der Waals surface area contributed by atoms with E-state index in [4.69, 9.17) is 4.74 Å². The summed E-state index contributed by atoms with van der Waals surface area (Å²) >= 11 is 0. The summed E-state index contributed by atoms with van der Waals surface area (Å²) in [7, 11) is 0. The minimum absolute atomic E-state index is 0.178. The molecule has 1 aromatic heterocycles. The van der Waals surface area contributed by atoms with Crippen molar-refractivity contribution in [1.29, 1.82) is 0 Å². The van der Waals surface area contributed by atoms with Crippen molar-refractivity contribution in [1.82, 2.24) is 4.98 Å². The van der Waals surface area contributed by atoms with E-state index < -0.39 is 0 Å². The maximum atomic E-state index is 9.48. The second-order valence-corrected chi connectivity index (χ2v) is 4.70. The number of rotatable bonds is 5. The Kier molecular flexibility index (Phi) is 4.81. The molecule has 18 heavy (non-hydrogen) atoms. The van der Waals surface area contributed by atoms with Crippen molar-refractivity contribution >= 4 is 5.82 Å². The van der Waals surface area contributed by atoms with Crippen molar-refractivity contribution < 1.29 is 9.84 Å². The summed E-state index contributed by atoms with van der Waals surface area (Å²) in [6, 6.07) is 4.03. The van der Waals surface area contributed by atoms with Crippen LogP contribution in [0.25, 0.3) is 0 Å². The first-order valence-electron chi connectivity index (χ1n) is 6.82. The molecule has 1 saturated heterocycles. The fourth-order valence-electron chi connectivity index (χ4n) is 2.39. The number of aliphatic hydroxyl groups excluding tert-OH is 1. The van der Waals surface area contributed by atoms with Crippen LogP contribution in [-0.4, -0.2) is 35.9 Å². The van der Waals surface area contributed by atoms with Gasteiger partial charge in [0.15, 0.2) is 11.6 Å². The fraction of sp³-hybridized carbons (Fsp3) is 0.643. The van der Waals surface area contributed by atoms with Crippen LogP contribution in [0.1, 0.15) is 32.6 Å². The molecule has 0 aliphatic carbocycles. The van der Waals surface area contributed by atoms with Gasteiger partial charge in [-0.25, -0.2) is 4.98 Å². The van der Waals surface area contributed by atoms with Crippen LogP contribution in [0.4, 0.5) is 5.82 Å². The lowest BCUT2D eigenvalue weighted by Crippen LogP contribution is -2.42. The van der Waals surface area contributed by atoms with E-state index in [2.05, 4.69) is 16.8 Å². The van der Waals surface area contributed by atoms with Crippen LogP contribution in [0.5, 0.6) is 5.75 Å². The van der Waals surface area contributed by atoms with Crippen LogP contribution in [0, 0.1) is 0 Å². The van der Waals surface area contributed by atoms with Gasteiger partial charge in [0.1, 0.15) is 0 Å². The number of aromatic nitrogens is 1. The molecular formula is C14H22N2O2. The maximum Gasteiger partial charge on any atom is 0.171 e. The number of anilines is 1. The molecule has 0 aromatic carbocycles. The van der Waals surface area contributed by atoms with Crippen molar-refractivity contribution in [2.45, 2.75) is 38.6 Å². The lowest BCUT2D eigenvalue weighted by molar-refractivity contribution is 0.237. The van der Waals surface area contributed by atoms with Crippen molar-refractivity contribution in [3.05, 3.63) is 18.3 Å². The minimum Gasteiger partial charge on any atom is -0.490 e. The number of nitrogens with zero attached hydrogens (tertiary/aromatic N) is 2. The van der Waals surface area contributed by atoms with E-state index in [1.165, 1.54) is 6.42 Å². The summed E-state index contributed by atoms with van der Waals surface area (Å²) in [4.78, 5) is 6.63. The van der Waals surface area contributed by atoms with E-state index >= 15 is 0 Å². The number of pyridine rings is 1. The number of piperidine rings is 1. The predicted molar refractivity (Wildman–Crippen MR) is 72.1 cm³/mol. The minimum atomic E-state index is 0.178. The molecule has 1 atom stereocenters. The van der Waals surface area contributed by atoms with E-state index in [1.807, 2.05) is 12.1 Å². The number of aliphatic hydroxyl groups is 1. The van der Waals surface area contributed by atoms with Gasteiger partial charge in [-0.2, -0.15) is 0 Å². The highest BCUT2D eigenvalue weighted by Gasteiger charge is 2.25. The highest BCUT2D eigenvalue weighted by Crippen LogP contribution is 2.30. The van der Waals surface area contributed by atoms with E-state index in [1.54, 1.807) is 6.20 Å². The van der Waals surface area contributed by atoms with Crippen molar-refractivity contribution in [3.8, 4) is 5.75 Å².